The number of amides is 2. The van der Waals surface area contributed by atoms with Gasteiger partial charge in [-0.3, -0.25) is 14.6 Å². The molecule has 1 atom stereocenters. The third-order valence-electron chi connectivity index (χ3n) is 5.72. The number of likely N-dealkylation sites (tertiary alicyclic amines) is 1. The molecule has 164 valence electrons. The van der Waals surface area contributed by atoms with Gasteiger partial charge >= 0.3 is 0 Å². The van der Waals surface area contributed by atoms with Gasteiger partial charge in [0.2, 0.25) is 5.91 Å². The Morgan fingerprint density at radius 2 is 1.88 bits per heavy atom. The zero-order valence-electron chi connectivity index (χ0n) is 18.2. The van der Waals surface area contributed by atoms with Gasteiger partial charge in [0.25, 0.3) is 5.91 Å². The smallest absolute Gasteiger partial charge is 0.254 e. The summed E-state index contributed by atoms with van der Waals surface area (Å²) in [6, 6.07) is 15.2. The maximum atomic E-state index is 13.0. The molecule has 3 heterocycles. The maximum Gasteiger partial charge on any atom is 0.254 e. The average molecular weight is 430 g/mol. The summed E-state index contributed by atoms with van der Waals surface area (Å²) in [7, 11) is 0. The number of hydrogen-bond acceptors (Lipinski definition) is 5. The molecule has 32 heavy (non-hydrogen) atoms. The summed E-state index contributed by atoms with van der Waals surface area (Å²) in [5.41, 5.74) is 2.85. The minimum Gasteiger partial charge on any atom is -0.348 e. The fourth-order valence-electron chi connectivity index (χ4n) is 4.00. The Hall–Kier alpha value is -3.61. The van der Waals surface area contributed by atoms with Crippen molar-refractivity contribution in [2.24, 2.45) is 0 Å². The van der Waals surface area contributed by atoms with Crippen molar-refractivity contribution in [2.45, 2.75) is 45.2 Å². The van der Waals surface area contributed by atoms with Crippen molar-refractivity contribution in [1.82, 2.24) is 25.2 Å². The molecule has 1 fully saturated rings. The summed E-state index contributed by atoms with van der Waals surface area (Å²) in [6.07, 6.45) is 6.32. The summed E-state index contributed by atoms with van der Waals surface area (Å²) in [5, 5.41) is 2.92. The largest absolute Gasteiger partial charge is 0.348 e. The van der Waals surface area contributed by atoms with Crippen LogP contribution in [-0.4, -0.2) is 38.2 Å². The monoisotopic (exact) mass is 429 g/mol. The van der Waals surface area contributed by atoms with E-state index in [4.69, 9.17) is 0 Å². The van der Waals surface area contributed by atoms with Crippen molar-refractivity contribution < 1.29 is 9.59 Å². The normalized spacial score (nSPS) is 15.9. The summed E-state index contributed by atoms with van der Waals surface area (Å²) in [6.45, 7) is 2.93. The highest BCUT2D eigenvalue weighted by Crippen LogP contribution is 2.29. The standard InChI is InChI=1S/C25H27N5O2/c1-18-21(25(32)28-16-19-9-3-2-4-10-19)17-27-24(29-18)22-12-6-8-14-30(22)23(31)15-20-11-5-7-13-26-20/h2-5,7,9-11,13,17,22H,6,8,12,14-16H2,1H3,(H,28,32)/t22-/m0/s1. The SMILES string of the molecule is Cc1nc([C@@H]2CCCCN2C(=O)Cc2ccccn2)ncc1C(=O)NCc1ccccc1. The van der Waals surface area contributed by atoms with Gasteiger partial charge in [-0.15, -0.1) is 0 Å². The van der Waals surface area contributed by atoms with Gasteiger partial charge in [-0.1, -0.05) is 36.4 Å². The van der Waals surface area contributed by atoms with E-state index in [9.17, 15) is 9.59 Å². The molecule has 7 nitrogen and oxygen atoms in total. The van der Waals surface area contributed by atoms with Crippen LogP contribution in [0.1, 0.15) is 58.4 Å². The van der Waals surface area contributed by atoms with E-state index in [-0.39, 0.29) is 24.3 Å². The van der Waals surface area contributed by atoms with Crippen molar-refractivity contribution >= 4 is 11.8 Å². The Labute approximate surface area is 187 Å². The molecule has 1 aliphatic rings. The summed E-state index contributed by atoms with van der Waals surface area (Å²) >= 11 is 0. The summed E-state index contributed by atoms with van der Waals surface area (Å²) < 4.78 is 0. The highest BCUT2D eigenvalue weighted by atomic mass is 16.2. The number of benzene rings is 1. The van der Waals surface area contributed by atoms with E-state index < -0.39 is 0 Å². The number of nitrogens with one attached hydrogen (secondary N) is 1. The van der Waals surface area contributed by atoms with E-state index in [1.54, 1.807) is 12.4 Å². The number of nitrogens with zero attached hydrogens (tertiary/aromatic N) is 4. The molecular formula is C25H27N5O2. The van der Waals surface area contributed by atoms with Crippen LogP contribution in [-0.2, 0) is 17.8 Å². The number of carbonyl (C=O) groups is 2. The number of aromatic nitrogens is 3. The Morgan fingerprint density at radius 1 is 1.06 bits per heavy atom. The minimum atomic E-state index is -0.204. The van der Waals surface area contributed by atoms with E-state index in [2.05, 4.69) is 20.3 Å². The van der Waals surface area contributed by atoms with Crippen LogP contribution in [0, 0.1) is 6.92 Å². The predicted octanol–water partition coefficient (Wildman–Crippen LogP) is 3.41. The van der Waals surface area contributed by atoms with E-state index in [1.807, 2.05) is 60.4 Å². The molecule has 2 aromatic heterocycles. The fourth-order valence-corrected chi connectivity index (χ4v) is 4.00. The van der Waals surface area contributed by atoms with Gasteiger partial charge in [0, 0.05) is 31.2 Å². The van der Waals surface area contributed by atoms with Gasteiger partial charge in [0.05, 0.1) is 23.7 Å². The van der Waals surface area contributed by atoms with Crippen LogP contribution in [0.3, 0.4) is 0 Å². The van der Waals surface area contributed by atoms with Gasteiger partial charge in [-0.25, -0.2) is 9.97 Å². The highest BCUT2D eigenvalue weighted by molar-refractivity contribution is 5.94. The molecule has 0 bridgehead atoms. The third kappa shape index (κ3) is 5.17. The Kier molecular flexibility index (Phi) is 6.84. The van der Waals surface area contributed by atoms with Crippen LogP contribution in [0.2, 0.25) is 0 Å². The molecule has 0 saturated carbocycles. The molecule has 1 aromatic carbocycles. The Bertz CT molecular complexity index is 1070. The van der Waals surface area contributed by atoms with Crippen molar-refractivity contribution in [1.29, 1.82) is 0 Å². The van der Waals surface area contributed by atoms with Gasteiger partial charge in [0.1, 0.15) is 0 Å². The first-order valence-corrected chi connectivity index (χ1v) is 11.0. The zero-order valence-corrected chi connectivity index (χ0v) is 18.2. The third-order valence-corrected chi connectivity index (χ3v) is 5.72. The van der Waals surface area contributed by atoms with Crippen molar-refractivity contribution in [3.8, 4) is 0 Å². The van der Waals surface area contributed by atoms with Gasteiger partial charge in [-0.05, 0) is 43.9 Å². The second kappa shape index (κ2) is 10.1. The van der Waals surface area contributed by atoms with E-state index in [0.717, 1.165) is 30.5 Å². The van der Waals surface area contributed by atoms with Crippen molar-refractivity contribution in [3.63, 3.8) is 0 Å². The van der Waals surface area contributed by atoms with Gasteiger partial charge in [0.15, 0.2) is 5.82 Å². The number of carbonyl (C=O) groups excluding carboxylic acids is 2. The summed E-state index contributed by atoms with van der Waals surface area (Å²) in [4.78, 5) is 40.9. The van der Waals surface area contributed by atoms with Crippen LogP contribution in [0.15, 0.2) is 60.9 Å². The molecule has 7 heteroatoms. The Balaban J connectivity index is 1.46. The lowest BCUT2D eigenvalue weighted by Crippen LogP contribution is -2.40. The molecule has 1 aliphatic heterocycles. The molecule has 4 rings (SSSR count). The molecule has 3 aromatic rings. The number of rotatable bonds is 6. The van der Waals surface area contributed by atoms with Crippen molar-refractivity contribution in [3.05, 3.63) is 89.3 Å². The first-order chi connectivity index (χ1) is 15.6. The van der Waals surface area contributed by atoms with Crippen LogP contribution in [0.25, 0.3) is 0 Å². The first-order valence-electron chi connectivity index (χ1n) is 11.0. The molecular weight excluding hydrogens is 402 g/mol. The molecule has 2 amide bonds. The number of pyridine rings is 1. The van der Waals surface area contributed by atoms with Gasteiger partial charge in [-0.2, -0.15) is 0 Å². The van der Waals surface area contributed by atoms with E-state index in [0.29, 0.717) is 30.2 Å². The fraction of sp³-hybridized carbons (Fsp3) is 0.320. The topological polar surface area (TPSA) is 88.1 Å². The van der Waals surface area contributed by atoms with E-state index in [1.165, 1.54) is 0 Å². The summed E-state index contributed by atoms with van der Waals surface area (Å²) in [5.74, 6) is 0.417. The first kappa shape index (κ1) is 21.6. The number of hydrogen-bond donors (Lipinski definition) is 1. The average Bonchev–Trinajstić information content (AvgIpc) is 2.84. The van der Waals surface area contributed by atoms with E-state index >= 15 is 0 Å². The minimum absolute atomic E-state index is 0.0272. The second-order valence-electron chi connectivity index (χ2n) is 7.99. The zero-order chi connectivity index (χ0) is 22.3. The Morgan fingerprint density at radius 3 is 2.62 bits per heavy atom. The lowest BCUT2D eigenvalue weighted by molar-refractivity contribution is -0.134. The quantitative estimate of drug-likeness (QED) is 0.649. The van der Waals surface area contributed by atoms with Crippen LogP contribution in [0.4, 0.5) is 0 Å². The highest BCUT2D eigenvalue weighted by Gasteiger charge is 2.30. The lowest BCUT2D eigenvalue weighted by Gasteiger charge is -2.35. The maximum absolute atomic E-state index is 13.0. The van der Waals surface area contributed by atoms with Crippen LogP contribution < -0.4 is 5.32 Å². The predicted molar refractivity (Wildman–Crippen MR) is 121 cm³/mol. The van der Waals surface area contributed by atoms with Crippen molar-refractivity contribution in [2.75, 3.05) is 6.54 Å². The number of piperidine rings is 1. The molecule has 0 spiro atoms. The molecule has 1 saturated heterocycles. The molecule has 0 aliphatic carbocycles. The molecule has 0 radical (unpaired) electrons. The molecule has 0 unspecified atom stereocenters. The lowest BCUT2D eigenvalue weighted by atomic mass is 10.00. The second-order valence-corrected chi connectivity index (χ2v) is 7.99. The van der Waals surface area contributed by atoms with Crippen LogP contribution >= 0.6 is 0 Å². The molecule has 1 N–H and O–H groups in total. The number of aryl methyl sites for hydroxylation is 1. The van der Waals surface area contributed by atoms with Crippen LogP contribution in [0.5, 0.6) is 0 Å². The van der Waals surface area contributed by atoms with Gasteiger partial charge < -0.3 is 10.2 Å².